The average molecular weight is 318 g/mol. The molecule has 96 valence electrons. The van der Waals surface area contributed by atoms with Gasteiger partial charge in [-0.25, -0.2) is 9.97 Å². The van der Waals surface area contributed by atoms with Crippen LogP contribution < -0.4 is 4.90 Å². The Morgan fingerprint density at radius 3 is 2.68 bits per heavy atom. The molecule has 3 rings (SSSR count). The predicted octanol–water partition coefficient (Wildman–Crippen LogP) is 3.72. The molecule has 5 heteroatoms. The van der Waals surface area contributed by atoms with Crippen LogP contribution in [0.5, 0.6) is 0 Å². The lowest BCUT2D eigenvalue weighted by atomic mass is 10.3. The van der Waals surface area contributed by atoms with Crippen molar-refractivity contribution in [3.63, 3.8) is 0 Å². The topological polar surface area (TPSA) is 42.2 Å². The van der Waals surface area contributed by atoms with Gasteiger partial charge in [-0.05, 0) is 30.3 Å². The standard InChI is InChI=1S/C14H12BrN3O/c1-18(2)13-6-3-9(8-16-13)14-17-11-7-10(15)4-5-12(11)19-14/h3-8H,1-2H3. The molecule has 0 aliphatic rings. The van der Waals surface area contributed by atoms with Gasteiger partial charge in [0.2, 0.25) is 5.89 Å². The fourth-order valence-corrected chi connectivity index (χ4v) is 2.15. The first-order chi connectivity index (χ1) is 9.13. The van der Waals surface area contributed by atoms with Gasteiger partial charge in [0.15, 0.2) is 5.58 Å². The van der Waals surface area contributed by atoms with E-state index in [1.54, 1.807) is 6.20 Å². The van der Waals surface area contributed by atoms with Crippen molar-refractivity contribution in [1.82, 2.24) is 9.97 Å². The van der Waals surface area contributed by atoms with E-state index in [9.17, 15) is 0 Å². The lowest BCUT2D eigenvalue weighted by molar-refractivity contribution is 0.619. The van der Waals surface area contributed by atoms with Crippen LogP contribution in [0.3, 0.4) is 0 Å². The zero-order valence-corrected chi connectivity index (χ0v) is 12.2. The molecule has 0 bridgehead atoms. The highest BCUT2D eigenvalue weighted by atomic mass is 79.9. The second kappa shape index (κ2) is 4.66. The normalized spacial score (nSPS) is 10.9. The summed E-state index contributed by atoms with van der Waals surface area (Å²) in [6.45, 7) is 0. The second-order valence-electron chi connectivity index (χ2n) is 4.43. The quantitative estimate of drug-likeness (QED) is 0.722. The molecule has 0 aliphatic heterocycles. The number of nitrogens with zero attached hydrogens (tertiary/aromatic N) is 3. The molecule has 2 aromatic heterocycles. The number of halogens is 1. The van der Waals surface area contributed by atoms with E-state index in [4.69, 9.17) is 4.42 Å². The number of pyridine rings is 1. The number of hydrogen-bond donors (Lipinski definition) is 0. The molecule has 0 radical (unpaired) electrons. The van der Waals surface area contributed by atoms with Gasteiger partial charge < -0.3 is 9.32 Å². The summed E-state index contributed by atoms with van der Waals surface area (Å²) in [4.78, 5) is 10.8. The van der Waals surface area contributed by atoms with Gasteiger partial charge in [-0.3, -0.25) is 0 Å². The highest BCUT2D eigenvalue weighted by Crippen LogP contribution is 2.26. The number of oxazole rings is 1. The largest absolute Gasteiger partial charge is 0.436 e. The van der Waals surface area contributed by atoms with Crippen molar-refractivity contribution in [2.24, 2.45) is 0 Å². The van der Waals surface area contributed by atoms with Crippen LogP contribution in [0.1, 0.15) is 0 Å². The molecule has 0 amide bonds. The maximum atomic E-state index is 5.72. The molecular weight excluding hydrogens is 306 g/mol. The Morgan fingerprint density at radius 1 is 1.16 bits per heavy atom. The Morgan fingerprint density at radius 2 is 2.00 bits per heavy atom. The maximum Gasteiger partial charge on any atom is 0.228 e. The third-order valence-corrected chi connectivity index (χ3v) is 3.30. The fourth-order valence-electron chi connectivity index (χ4n) is 1.80. The summed E-state index contributed by atoms with van der Waals surface area (Å²) in [6.07, 6.45) is 1.77. The van der Waals surface area contributed by atoms with Crippen molar-refractivity contribution in [3.8, 4) is 11.5 Å². The van der Waals surface area contributed by atoms with E-state index in [0.717, 1.165) is 27.0 Å². The molecule has 0 unspecified atom stereocenters. The van der Waals surface area contributed by atoms with Crippen LogP contribution in [-0.4, -0.2) is 24.1 Å². The highest BCUT2D eigenvalue weighted by molar-refractivity contribution is 9.10. The molecule has 0 fully saturated rings. The molecule has 2 heterocycles. The van der Waals surface area contributed by atoms with Crippen molar-refractivity contribution in [1.29, 1.82) is 0 Å². The minimum atomic E-state index is 0.589. The van der Waals surface area contributed by atoms with E-state index in [1.807, 2.05) is 49.3 Å². The summed E-state index contributed by atoms with van der Waals surface area (Å²) in [6, 6.07) is 9.67. The predicted molar refractivity (Wildman–Crippen MR) is 79.3 cm³/mol. The summed E-state index contributed by atoms with van der Waals surface area (Å²) < 4.78 is 6.71. The highest BCUT2D eigenvalue weighted by Gasteiger charge is 2.09. The number of anilines is 1. The smallest absolute Gasteiger partial charge is 0.228 e. The Hall–Kier alpha value is -1.88. The molecule has 0 spiro atoms. The zero-order valence-electron chi connectivity index (χ0n) is 10.6. The molecule has 19 heavy (non-hydrogen) atoms. The van der Waals surface area contributed by atoms with Crippen molar-refractivity contribution in [2.45, 2.75) is 0 Å². The second-order valence-corrected chi connectivity index (χ2v) is 5.35. The van der Waals surface area contributed by atoms with Gasteiger partial charge in [-0.2, -0.15) is 0 Å². The SMILES string of the molecule is CN(C)c1ccc(-c2nc3cc(Br)ccc3o2)cn1. The van der Waals surface area contributed by atoms with Crippen LogP contribution in [0.15, 0.2) is 45.4 Å². The van der Waals surface area contributed by atoms with Crippen LogP contribution in [0.2, 0.25) is 0 Å². The lowest BCUT2D eigenvalue weighted by Gasteiger charge is -2.10. The number of rotatable bonds is 2. The molecular formula is C14H12BrN3O. The van der Waals surface area contributed by atoms with E-state index < -0.39 is 0 Å². The van der Waals surface area contributed by atoms with E-state index in [2.05, 4.69) is 25.9 Å². The molecule has 0 aliphatic carbocycles. The molecule has 3 aromatic rings. The summed E-state index contributed by atoms with van der Waals surface area (Å²) in [7, 11) is 3.91. The fraction of sp³-hybridized carbons (Fsp3) is 0.143. The van der Waals surface area contributed by atoms with Crippen LogP contribution in [0.4, 0.5) is 5.82 Å². The molecule has 0 atom stereocenters. The Kier molecular flexibility index (Phi) is 2.98. The van der Waals surface area contributed by atoms with Gasteiger partial charge in [0.25, 0.3) is 0 Å². The zero-order chi connectivity index (χ0) is 13.4. The summed E-state index contributed by atoms with van der Waals surface area (Å²) >= 11 is 3.42. The minimum Gasteiger partial charge on any atom is -0.436 e. The monoisotopic (exact) mass is 317 g/mol. The van der Waals surface area contributed by atoms with Gasteiger partial charge in [0.05, 0.1) is 5.56 Å². The lowest BCUT2D eigenvalue weighted by Crippen LogP contribution is -2.09. The van der Waals surface area contributed by atoms with Crippen molar-refractivity contribution >= 4 is 32.8 Å². The first-order valence-corrected chi connectivity index (χ1v) is 6.62. The molecule has 0 saturated carbocycles. The molecule has 0 saturated heterocycles. The molecule has 1 aromatic carbocycles. The Bertz CT molecular complexity index is 719. The first kappa shape index (κ1) is 12.2. The average Bonchev–Trinajstić information content (AvgIpc) is 2.81. The number of fused-ring (bicyclic) bond motifs is 1. The van der Waals surface area contributed by atoms with Crippen molar-refractivity contribution < 1.29 is 4.42 Å². The Balaban J connectivity index is 2.03. The minimum absolute atomic E-state index is 0.589. The third-order valence-electron chi connectivity index (χ3n) is 2.80. The molecule has 0 N–H and O–H groups in total. The van der Waals surface area contributed by atoms with E-state index in [1.165, 1.54) is 0 Å². The van der Waals surface area contributed by atoms with Crippen molar-refractivity contribution in [2.75, 3.05) is 19.0 Å². The summed E-state index contributed by atoms with van der Waals surface area (Å²) in [5.41, 5.74) is 2.48. The van der Waals surface area contributed by atoms with E-state index in [0.29, 0.717) is 5.89 Å². The van der Waals surface area contributed by atoms with Crippen LogP contribution in [0.25, 0.3) is 22.6 Å². The number of hydrogen-bond acceptors (Lipinski definition) is 4. The van der Waals surface area contributed by atoms with Gasteiger partial charge in [0.1, 0.15) is 11.3 Å². The van der Waals surface area contributed by atoms with Gasteiger partial charge >= 0.3 is 0 Å². The summed E-state index contributed by atoms with van der Waals surface area (Å²) in [5.74, 6) is 1.49. The first-order valence-electron chi connectivity index (χ1n) is 5.83. The van der Waals surface area contributed by atoms with Gasteiger partial charge in [-0.15, -0.1) is 0 Å². The van der Waals surface area contributed by atoms with Crippen molar-refractivity contribution in [3.05, 3.63) is 41.0 Å². The van der Waals surface area contributed by atoms with E-state index in [-0.39, 0.29) is 0 Å². The number of aromatic nitrogens is 2. The summed E-state index contributed by atoms with van der Waals surface area (Å²) in [5, 5.41) is 0. The molecule has 4 nitrogen and oxygen atoms in total. The van der Waals surface area contributed by atoms with Gasteiger partial charge in [-0.1, -0.05) is 15.9 Å². The van der Waals surface area contributed by atoms with E-state index >= 15 is 0 Å². The van der Waals surface area contributed by atoms with Gasteiger partial charge in [0, 0.05) is 24.8 Å². The number of benzene rings is 1. The van der Waals surface area contributed by atoms with Crippen LogP contribution >= 0.6 is 15.9 Å². The van der Waals surface area contributed by atoms with Crippen LogP contribution in [0, 0.1) is 0 Å². The maximum absolute atomic E-state index is 5.72. The Labute approximate surface area is 119 Å². The van der Waals surface area contributed by atoms with Crippen LogP contribution in [-0.2, 0) is 0 Å². The third kappa shape index (κ3) is 2.33.